The van der Waals surface area contributed by atoms with E-state index in [4.69, 9.17) is 4.74 Å². The molecule has 0 aromatic heterocycles. The van der Waals surface area contributed by atoms with E-state index in [0.29, 0.717) is 13.2 Å². The summed E-state index contributed by atoms with van der Waals surface area (Å²) in [7, 11) is 0. The number of ether oxygens (including phenoxy) is 1. The number of rotatable bonds is 7. The number of imide groups is 1. The van der Waals surface area contributed by atoms with E-state index in [0.717, 1.165) is 11.3 Å². The first-order valence-corrected chi connectivity index (χ1v) is 7.55. The summed E-state index contributed by atoms with van der Waals surface area (Å²) >= 11 is 0. The molecule has 0 radical (unpaired) electrons. The summed E-state index contributed by atoms with van der Waals surface area (Å²) in [5, 5.41) is 7.98. The van der Waals surface area contributed by atoms with Crippen LogP contribution in [0, 0.1) is 0 Å². The average Bonchev–Trinajstić information content (AvgIpc) is 2.48. The van der Waals surface area contributed by atoms with Gasteiger partial charge in [-0.2, -0.15) is 0 Å². The topological polar surface area (TPSA) is 79.5 Å². The molecule has 6 heteroatoms. The summed E-state index contributed by atoms with van der Waals surface area (Å²) in [6.45, 7) is 8.48. The van der Waals surface area contributed by atoms with Crippen LogP contribution >= 0.6 is 0 Å². The maximum Gasteiger partial charge on any atom is 0.321 e. The van der Waals surface area contributed by atoms with Crippen molar-refractivity contribution in [3.63, 3.8) is 0 Å². The van der Waals surface area contributed by atoms with Gasteiger partial charge >= 0.3 is 6.03 Å². The van der Waals surface area contributed by atoms with E-state index < -0.39 is 12.1 Å². The van der Waals surface area contributed by atoms with Crippen LogP contribution in [0.25, 0.3) is 0 Å². The number of nitrogens with one attached hydrogen (secondary N) is 3. The van der Waals surface area contributed by atoms with Crippen LogP contribution in [0.3, 0.4) is 0 Å². The Kier molecular flexibility index (Phi) is 7.39. The molecule has 0 spiro atoms. The largest absolute Gasteiger partial charge is 0.494 e. The average molecular weight is 307 g/mol. The van der Waals surface area contributed by atoms with Gasteiger partial charge in [-0.05, 0) is 45.4 Å². The second-order valence-electron chi connectivity index (χ2n) is 4.96. The quantitative estimate of drug-likeness (QED) is 0.719. The molecule has 1 aromatic rings. The third-order valence-electron chi connectivity index (χ3n) is 3.14. The van der Waals surface area contributed by atoms with Crippen LogP contribution in [-0.2, 0) is 4.79 Å². The van der Waals surface area contributed by atoms with Crippen LogP contribution < -0.4 is 20.7 Å². The third-order valence-corrected chi connectivity index (χ3v) is 3.14. The van der Waals surface area contributed by atoms with Crippen molar-refractivity contribution >= 4 is 11.9 Å². The fraction of sp³-hybridized carbons (Fsp3) is 0.500. The summed E-state index contributed by atoms with van der Waals surface area (Å²) in [5.74, 6) is 0.437. The molecule has 1 rings (SSSR count). The van der Waals surface area contributed by atoms with Crippen molar-refractivity contribution in [2.24, 2.45) is 0 Å². The highest BCUT2D eigenvalue weighted by Crippen LogP contribution is 2.19. The first-order valence-electron chi connectivity index (χ1n) is 7.55. The molecular formula is C16H25N3O3. The Labute approximate surface area is 131 Å². The number of amides is 3. The van der Waals surface area contributed by atoms with Crippen molar-refractivity contribution in [1.82, 2.24) is 16.0 Å². The van der Waals surface area contributed by atoms with E-state index in [1.54, 1.807) is 13.8 Å². The number of benzene rings is 1. The standard InChI is InChI=1S/C16H25N3O3/c1-5-17-16(21)19-15(20)12(4)18-11(3)13-8-7-9-14(10-13)22-6-2/h7-12,18H,5-6H2,1-4H3,(H2,17,19,20,21). The van der Waals surface area contributed by atoms with Crippen LogP contribution in [0.2, 0.25) is 0 Å². The van der Waals surface area contributed by atoms with E-state index in [2.05, 4.69) is 16.0 Å². The van der Waals surface area contributed by atoms with Gasteiger partial charge < -0.3 is 10.1 Å². The molecule has 6 nitrogen and oxygen atoms in total. The molecule has 122 valence electrons. The minimum absolute atomic E-state index is 0.0459. The zero-order valence-electron chi connectivity index (χ0n) is 13.6. The summed E-state index contributed by atoms with van der Waals surface area (Å²) in [4.78, 5) is 23.2. The number of hydrogen-bond acceptors (Lipinski definition) is 4. The fourth-order valence-corrected chi connectivity index (χ4v) is 2.01. The minimum Gasteiger partial charge on any atom is -0.494 e. The minimum atomic E-state index is -0.492. The Morgan fingerprint density at radius 2 is 1.95 bits per heavy atom. The van der Waals surface area contributed by atoms with Gasteiger partial charge in [0.2, 0.25) is 5.91 Å². The lowest BCUT2D eigenvalue weighted by Crippen LogP contribution is -2.48. The maximum absolute atomic E-state index is 11.9. The Balaban J connectivity index is 2.59. The normalized spacial score (nSPS) is 13.1. The molecule has 1 aromatic carbocycles. The number of carbonyl (C=O) groups is 2. The molecule has 0 aliphatic rings. The zero-order valence-corrected chi connectivity index (χ0v) is 13.6. The van der Waals surface area contributed by atoms with E-state index in [-0.39, 0.29) is 11.9 Å². The Hall–Kier alpha value is -2.08. The van der Waals surface area contributed by atoms with Crippen molar-refractivity contribution in [1.29, 1.82) is 0 Å². The van der Waals surface area contributed by atoms with Crippen LogP contribution in [0.5, 0.6) is 5.75 Å². The number of carbonyl (C=O) groups excluding carboxylic acids is 2. The third kappa shape index (κ3) is 5.73. The molecule has 2 unspecified atom stereocenters. The molecule has 2 atom stereocenters. The van der Waals surface area contributed by atoms with Crippen LogP contribution in [0.4, 0.5) is 4.79 Å². The van der Waals surface area contributed by atoms with Gasteiger partial charge in [0.05, 0.1) is 12.6 Å². The van der Waals surface area contributed by atoms with Gasteiger partial charge in [-0.1, -0.05) is 12.1 Å². The highest BCUT2D eigenvalue weighted by molar-refractivity contribution is 5.96. The summed E-state index contributed by atoms with van der Waals surface area (Å²) < 4.78 is 5.47. The van der Waals surface area contributed by atoms with Gasteiger partial charge in [0.1, 0.15) is 5.75 Å². The van der Waals surface area contributed by atoms with Crippen LogP contribution in [-0.4, -0.2) is 31.1 Å². The second-order valence-corrected chi connectivity index (χ2v) is 4.96. The van der Waals surface area contributed by atoms with Gasteiger partial charge in [-0.25, -0.2) is 4.79 Å². The molecule has 0 aliphatic heterocycles. The zero-order chi connectivity index (χ0) is 16.5. The Bertz CT molecular complexity index is 505. The van der Waals surface area contributed by atoms with E-state index in [1.165, 1.54) is 0 Å². The molecule has 0 bridgehead atoms. The number of hydrogen-bond donors (Lipinski definition) is 3. The first-order chi connectivity index (χ1) is 10.5. The SMILES string of the molecule is CCNC(=O)NC(=O)C(C)NC(C)c1cccc(OCC)c1. The summed E-state index contributed by atoms with van der Waals surface area (Å²) in [6, 6.07) is 6.70. The molecule has 22 heavy (non-hydrogen) atoms. The molecule has 3 N–H and O–H groups in total. The Morgan fingerprint density at radius 1 is 1.23 bits per heavy atom. The fourth-order valence-electron chi connectivity index (χ4n) is 2.01. The second kappa shape index (κ2) is 9.04. The van der Waals surface area contributed by atoms with Crippen LogP contribution in [0.15, 0.2) is 24.3 Å². The van der Waals surface area contributed by atoms with Gasteiger partial charge in [-0.3, -0.25) is 15.4 Å². The van der Waals surface area contributed by atoms with Crippen molar-refractivity contribution in [2.45, 2.75) is 39.8 Å². The lowest BCUT2D eigenvalue weighted by molar-refractivity contribution is -0.121. The highest BCUT2D eigenvalue weighted by Gasteiger charge is 2.18. The monoisotopic (exact) mass is 307 g/mol. The molecule has 0 fully saturated rings. The maximum atomic E-state index is 11.9. The molecular weight excluding hydrogens is 282 g/mol. The van der Waals surface area contributed by atoms with Crippen molar-refractivity contribution in [2.75, 3.05) is 13.2 Å². The summed E-state index contributed by atoms with van der Waals surface area (Å²) in [5.41, 5.74) is 1.02. The summed E-state index contributed by atoms with van der Waals surface area (Å²) in [6.07, 6.45) is 0. The van der Waals surface area contributed by atoms with Crippen LogP contribution in [0.1, 0.15) is 39.3 Å². The van der Waals surface area contributed by atoms with Gasteiger partial charge in [-0.15, -0.1) is 0 Å². The molecule has 0 heterocycles. The van der Waals surface area contributed by atoms with E-state index in [1.807, 2.05) is 38.1 Å². The van der Waals surface area contributed by atoms with Gasteiger partial charge in [0.25, 0.3) is 0 Å². The van der Waals surface area contributed by atoms with E-state index >= 15 is 0 Å². The highest BCUT2D eigenvalue weighted by atomic mass is 16.5. The van der Waals surface area contributed by atoms with E-state index in [9.17, 15) is 9.59 Å². The number of urea groups is 1. The lowest BCUT2D eigenvalue weighted by Gasteiger charge is -2.20. The molecule has 0 aliphatic carbocycles. The lowest BCUT2D eigenvalue weighted by atomic mass is 10.1. The smallest absolute Gasteiger partial charge is 0.321 e. The first kappa shape index (κ1) is 18.0. The van der Waals surface area contributed by atoms with Crippen molar-refractivity contribution in [3.05, 3.63) is 29.8 Å². The van der Waals surface area contributed by atoms with Crippen molar-refractivity contribution < 1.29 is 14.3 Å². The van der Waals surface area contributed by atoms with Crippen molar-refractivity contribution in [3.8, 4) is 5.75 Å². The van der Waals surface area contributed by atoms with Gasteiger partial charge in [0, 0.05) is 12.6 Å². The molecule has 0 saturated carbocycles. The molecule has 0 saturated heterocycles. The molecule has 3 amide bonds. The Morgan fingerprint density at radius 3 is 2.59 bits per heavy atom. The predicted octanol–water partition coefficient (Wildman–Crippen LogP) is 1.97. The predicted molar refractivity (Wildman–Crippen MR) is 85.8 cm³/mol. The van der Waals surface area contributed by atoms with Gasteiger partial charge in [0.15, 0.2) is 0 Å².